The van der Waals surface area contributed by atoms with Gasteiger partial charge in [0.25, 0.3) is 0 Å². The standard InChI is InChI=1S/C18H15NO/c20-18-17-14(11-19-18)10-13-8-4-5-9-15(13)16(17)12-6-2-1-3-7-12/h1-9,14H,10-11H2,(H,19,20)/t14-/m1/s1. The van der Waals surface area contributed by atoms with Crippen LogP contribution in [0, 0.1) is 5.92 Å². The molecule has 2 nitrogen and oxygen atoms in total. The van der Waals surface area contributed by atoms with Crippen LogP contribution in [0.15, 0.2) is 60.2 Å². The first-order chi connectivity index (χ1) is 9.84. The van der Waals surface area contributed by atoms with Gasteiger partial charge in [-0.2, -0.15) is 0 Å². The third-order valence-electron chi connectivity index (χ3n) is 4.25. The van der Waals surface area contributed by atoms with Crippen molar-refractivity contribution in [2.45, 2.75) is 6.42 Å². The Morgan fingerprint density at radius 1 is 0.950 bits per heavy atom. The van der Waals surface area contributed by atoms with E-state index in [4.69, 9.17) is 0 Å². The van der Waals surface area contributed by atoms with Crippen molar-refractivity contribution >= 4 is 11.5 Å². The minimum Gasteiger partial charge on any atom is -0.352 e. The maximum atomic E-state index is 12.2. The minimum atomic E-state index is 0.100. The first-order valence-electron chi connectivity index (χ1n) is 7.00. The summed E-state index contributed by atoms with van der Waals surface area (Å²) in [5, 5.41) is 3.00. The predicted molar refractivity (Wildman–Crippen MR) is 79.1 cm³/mol. The number of rotatable bonds is 1. The summed E-state index contributed by atoms with van der Waals surface area (Å²) < 4.78 is 0. The van der Waals surface area contributed by atoms with Gasteiger partial charge in [0.2, 0.25) is 5.91 Å². The van der Waals surface area contributed by atoms with Gasteiger partial charge >= 0.3 is 0 Å². The maximum Gasteiger partial charge on any atom is 0.248 e. The molecule has 0 saturated carbocycles. The Hall–Kier alpha value is -2.35. The van der Waals surface area contributed by atoms with Gasteiger partial charge in [-0.25, -0.2) is 0 Å². The van der Waals surface area contributed by atoms with Crippen molar-refractivity contribution in [3.05, 3.63) is 76.9 Å². The average molecular weight is 261 g/mol. The van der Waals surface area contributed by atoms with Crippen molar-refractivity contribution in [1.29, 1.82) is 0 Å². The lowest BCUT2D eigenvalue weighted by Crippen LogP contribution is -2.17. The van der Waals surface area contributed by atoms with Crippen molar-refractivity contribution in [2.24, 2.45) is 5.92 Å². The molecule has 2 aliphatic rings. The summed E-state index contributed by atoms with van der Waals surface area (Å²) in [4.78, 5) is 12.2. The van der Waals surface area contributed by atoms with Crippen LogP contribution in [-0.2, 0) is 11.2 Å². The molecule has 1 N–H and O–H groups in total. The van der Waals surface area contributed by atoms with Gasteiger partial charge in [0.1, 0.15) is 0 Å². The van der Waals surface area contributed by atoms with Crippen molar-refractivity contribution in [2.75, 3.05) is 6.54 Å². The van der Waals surface area contributed by atoms with Crippen LogP contribution >= 0.6 is 0 Å². The number of benzene rings is 2. The predicted octanol–water partition coefficient (Wildman–Crippen LogP) is 2.79. The fourth-order valence-electron chi connectivity index (χ4n) is 3.36. The number of amides is 1. The lowest BCUT2D eigenvalue weighted by Gasteiger charge is -2.24. The monoisotopic (exact) mass is 261 g/mol. The SMILES string of the molecule is O=C1NC[C@H]2Cc3ccccc3C(c3ccccc3)=C12. The van der Waals surface area contributed by atoms with E-state index < -0.39 is 0 Å². The van der Waals surface area contributed by atoms with Gasteiger partial charge in [-0.05, 0) is 28.7 Å². The molecule has 1 aliphatic heterocycles. The van der Waals surface area contributed by atoms with E-state index >= 15 is 0 Å². The van der Waals surface area contributed by atoms with Crippen LogP contribution in [0.4, 0.5) is 0 Å². The Morgan fingerprint density at radius 3 is 2.55 bits per heavy atom. The zero-order valence-electron chi connectivity index (χ0n) is 11.1. The Bertz CT molecular complexity index is 715. The molecular formula is C18H15NO. The smallest absolute Gasteiger partial charge is 0.248 e. The molecule has 1 fully saturated rings. The van der Waals surface area contributed by atoms with Gasteiger partial charge in [-0.1, -0.05) is 54.6 Å². The van der Waals surface area contributed by atoms with Gasteiger partial charge in [-0.3, -0.25) is 4.79 Å². The molecule has 2 aromatic rings. The molecule has 0 radical (unpaired) electrons. The van der Waals surface area contributed by atoms with Crippen LogP contribution in [0.2, 0.25) is 0 Å². The van der Waals surface area contributed by atoms with Crippen LogP contribution in [0.1, 0.15) is 16.7 Å². The van der Waals surface area contributed by atoms with Crippen molar-refractivity contribution in [3.8, 4) is 0 Å². The second-order valence-corrected chi connectivity index (χ2v) is 5.42. The van der Waals surface area contributed by atoms with Crippen LogP contribution in [-0.4, -0.2) is 12.5 Å². The molecule has 1 aliphatic carbocycles. The quantitative estimate of drug-likeness (QED) is 0.840. The largest absolute Gasteiger partial charge is 0.352 e. The van der Waals surface area contributed by atoms with Gasteiger partial charge in [0.15, 0.2) is 0 Å². The van der Waals surface area contributed by atoms with Crippen LogP contribution < -0.4 is 5.32 Å². The van der Waals surface area contributed by atoms with Crippen LogP contribution in [0.5, 0.6) is 0 Å². The second-order valence-electron chi connectivity index (χ2n) is 5.42. The summed E-state index contributed by atoms with van der Waals surface area (Å²) in [6.45, 7) is 0.763. The molecular weight excluding hydrogens is 246 g/mol. The average Bonchev–Trinajstić information content (AvgIpc) is 2.87. The number of fused-ring (bicyclic) bond motifs is 2. The Labute approximate surface area is 118 Å². The zero-order chi connectivity index (χ0) is 13.5. The molecule has 1 amide bonds. The number of carbonyl (C=O) groups is 1. The van der Waals surface area contributed by atoms with Crippen LogP contribution in [0.25, 0.3) is 5.57 Å². The van der Waals surface area contributed by atoms with Gasteiger partial charge < -0.3 is 5.32 Å². The van der Waals surface area contributed by atoms with Gasteiger partial charge in [-0.15, -0.1) is 0 Å². The van der Waals surface area contributed by atoms with E-state index in [9.17, 15) is 4.79 Å². The number of hydrogen-bond donors (Lipinski definition) is 1. The first kappa shape index (κ1) is 11.5. The van der Waals surface area contributed by atoms with Crippen molar-refractivity contribution in [1.82, 2.24) is 5.32 Å². The van der Waals surface area contributed by atoms with Crippen LogP contribution in [0.3, 0.4) is 0 Å². The fraction of sp³-hybridized carbons (Fsp3) is 0.167. The number of carbonyl (C=O) groups excluding carboxylic acids is 1. The zero-order valence-corrected chi connectivity index (χ0v) is 11.1. The Morgan fingerprint density at radius 2 is 1.70 bits per heavy atom. The lowest BCUT2D eigenvalue weighted by molar-refractivity contribution is -0.116. The molecule has 20 heavy (non-hydrogen) atoms. The summed E-state index contributed by atoms with van der Waals surface area (Å²) >= 11 is 0. The highest BCUT2D eigenvalue weighted by atomic mass is 16.2. The third kappa shape index (κ3) is 1.61. The van der Waals surface area contributed by atoms with E-state index in [1.54, 1.807) is 0 Å². The summed E-state index contributed by atoms with van der Waals surface area (Å²) in [7, 11) is 0. The van der Waals surface area contributed by atoms with Gasteiger partial charge in [0.05, 0.1) is 0 Å². The highest BCUT2D eigenvalue weighted by molar-refractivity contribution is 6.08. The highest BCUT2D eigenvalue weighted by Crippen LogP contribution is 2.40. The molecule has 98 valence electrons. The second kappa shape index (κ2) is 4.34. The van der Waals surface area contributed by atoms with Crippen molar-refractivity contribution in [3.63, 3.8) is 0 Å². The fourth-order valence-corrected chi connectivity index (χ4v) is 3.36. The molecule has 1 atom stereocenters. The molecule has 1 heterocycles. The van der Waals surface area contributed by atoms with Crippen molar-refractivity contribution < 1.29 is 4.79 Å². The Kier molecular flexibility index (Phi) is 2.49. The van der Waals surface area contributed by atoms with Gasteiger partial charge in [0, 0.05) is 18.0 Å². The molecule has 4 rings (SSSR count). The van der Waals surface area contributed by atoms with E-state index in [1.165, 1.54) is 11.1 Å². The summed E-state index contributed by atoms with van der Waals surface area (Å²) in [5.41, 5.74) is 5.78. The van der Waals surface area contributed by atoms with E-state index in [0.717, 1.165) is 29.7 Å². The molecule has 1 saturated heterocycles. The summed E-state index contributed by atoms with van der Waals surface area (Å²) in [5.74, 6) is 0.413. The molecule has 0 bridgehead atoms. The topological polar surface area (TPSA) is 29.1 Å². The van der Waals surface area contributed by atoms with E-state index in [2.05, 4.69) is 41.7 Å². The highest BCUT2D eigenvalue weighted by Gasteiger charge is 2.36. The van der Waals surface area contributed by atoms with E-state index in [1.807, 2.05) is 18.2 Å². The first-order valence-corrected chi connectivity index (χ1v) is 7.00. The molecule has 2 aromatic carbocycles. The molecule has 0 unspecified atom stereocenters. The normalized spacial score (nSPS) is 20.4. The molecule has 0 aromatic heterocycles. The third-order valence-corrected chi connectivity index (χ3v) is 4.25. The lowest BCUT2D eigenvalue weighted by atomic mass is 9.77. The molecule has 0 spiro atoms. The van der Waals surface area contributed by atoms with E-state index in [0.29, 0.717) is 5.92 Å². The number of nitrogens with one attached hydrogen (secondary N) is 1. The number of hydrogen-bond acceptors (Lipinski definition) is 1. The minimum absolute atomic E-state index is 0.100. The maximum absolute atomic E-state index is 12.2. The Balaban J connectivity index is 2.02. The summed E-state index contributed by atoms with van der Waals surface area (Å²) in [6.07, 6.45) is 0.959. The molecule has 2 heteroatoms. The van der Waals surface area contributed by atoms with E-state index in [-0.39, 0.29) is 5.91 Å². The summed E-state index contributed by atoms with van der Waals surface area (Å²) in [6, 6.07) is 18.7.